The lowest BCUT2D eigenvalue weighted by Crippen LogP contribution is -2.36. The van der Waals surface area contributed by atoms with Crippen LogP contribution in [0.4, 0.5) is 0 Å². The summed E-state index contributed by atoms with van der Waals surface area (Å²) in [6.07, 6.45) is 6.52. The lowest BCUT2D eigenvalue weighted by atomic mass is 9.81. The summed E-state index contributed by atoms with van der Waals surface area (Å²) in [5.41, 5.74) is 1.82. The standard InChI is InChI=1S/C30H34O3P/c1-21(2)23(5)29(26(19-20-31)22(3)4)33-30(32)27-17-12-18-28(27)34(24-13-8-6-9-14-24)25-15-10-7-11-16-25/h6-18,20-22,26,29H,5,19H2,1-4H3/t26-,29+/m1/s1. The Morgan fingerprint density at radius 2 is 1.50 bits per heavy atom. The van der Waals surface area contributed by atoms with Crippen LogP contribution in [-0.2, 0) is 14.3 Å². The van der Waals surface area contributed by atoms with E-state index >= 15 is 0 Å². The van der Waals surface area contributed by atoms with Crippen molar-refractivity contribution in [3.05, 3.63) is 104 Å². The van der Waals surface area contributed by atoms with Gasteiger partial charge in [-0.2, -0.15) is 0 Å². The number of aldehydes is 1. The summed E-state index contributed by atoms with van der Waals surface area (Å²) in [7, 11) is -0.929. The highest BCUT2D eigenvalue weighted by Gasteiger charge is 2.44. The molecule has 1 fully saturated rings. The second-order valence-electron chi connectivity index (χ2n) is 9.20. The van der Waals surface area contributed by atoms with Crippen LogP contribution >= 0.6 is 7.92 Å². The highest BCUT2D eigenvalue weighted by atomic mass is 31.1. The minimum atomic E-state index is -0.929. The average Bonchev–Trinajstić information content (AvgIpc) is 3.31. The molecule has 177 valence electrons. The monoisotopic (exact) mass is 473 g/mol. The van der Waals surface area contributed by atoms with Gasteiger partial charge in [-0.05, 0) is 55.2 Å². The van der Waals surface area contributed by atoms with Gasteiger partial charge < -0.3 is 9.53 Å². The van der Waals surface area contributed by atoms with Crippen LogP contribution in [-0.4, -0.2) is 18.4 Å². The van der Waals surface area contributed by atoms with Gasteiger partial charge in [0.15, 0.2) is 0 Å². The van der Waals surface area contributed by atoms with Crippen LogP contribution in [0.5, 0.6) is 0 Å². The maximum atomic E-state index is 13.6. The maximum absolute atomic E-state index is 13.6. The van der Waals surface area contributed by atoms with Gasteiger partial charge in [0.1, 0.15) is 18.3 Å². The molecule has 2 atom stereocenters. The fourth-order valence-corrected chi connectivity index (χ4v) is 6.60. The van der Waals surface area contributed by atoms with Crippen LogP contribution in [0.3, 0.4) is 0 Å². The summed E-state index contributed by atoms with van der Waals surface area (Å²) in [5, 5.41) is 2.35. The first-order valence-corrected chi connectivity index (χ1v) is 13.2. The molecule has 0 aromatic heterocycles. The fraction of sp³-hybridized carbons (Fsp3) is 0.300. The Morgan fingerprint density at radius 3 is 1.97 bits per heavy atom. The Balaban J connectivity index is 1.91. The number of benzene rings is 2. The van der Waals surface area contributed by atoms with Gasteiger partial charge in [-0.25, -0.2) is 0 Å². The van der Waals surface area contributed by atoms with Crippen LogP contribution in [0.25, 0.3) is 0 Å². The highest BCUT2D eigenvalue weighted by molar-refractivity contribution is 7.76. The SMILES string of the molecule is C=C(C(C)C)[C@H](OC(=O)[C]1[CH][CH][CH][C]1P(c1ccccc1)c1ccccc1)[C@H](CC=O)C(C)C. The zero-order valence-corrected chi connectivity index (χ0v) is 21.4. The van der Waals surface area contributed by atoms with E-state index < -0.39 is 14.0 Å². The summed E-state index contributed by atoms with van der Waals surface area (Å²) in [6, 6.07) is 20.6. The van der Waals surface area contributed by atoms with Gasteiger partial charge >= 0.3 is 5.97 Å². The van der Waals surface area contributed by atoms with Crippen molar-refractivity contribution in [2.24, 2.45) is 17.8 Å². The van der Waals surface area contributed by atoms with Crippen LogP contribution in [0.15, 0.2) is 72.8 Å². The number of ether oxygens (including phenoxy) is 1. The van der Waals surface area contributed by atoms with Gasteiger partial charge in [-0.3, -0.25) is 4.79 Å². The van der Waals surface area contributed by atoms with Gasteiger partial charge in [0.2, 0.25) is 0 Å². The second-order valence-corrected chi connectivity index (χ2v) is 11.4. The first-order valence-electron chi connectivity index (χ1n) is 11.8. The van der Waals surface area contributed by atoms with E-state index in [0.29, 0.717) is 12.3 Å². The number of esters is 1. The van der Waals surface area contributed by atoms with E-state index in [4.69, 9.17) is 4.74 Å². The maximum Gasteiger partial charge on any atom is 0.315 e. The van der Waals surface area contributed by atoms with Crippen molar-refractivity contribution in [3.63, 3.8) is 0 Å². The number of rotatable bonds is 11. The summed E-state index contributed by atoms with van der Waals surface area (Å²) in [4.78, 5) is 25.0. The topological polar surface area (TPSA) is 43.4 Å². The molecule has 0 amide bonds. The zero-order valence-electron chi connectivity index (χ0n) is 20.5. The summed E-state index contributed by atoms with van der Waals surface area (Å²) >= 11 is 0. The third-order valence-corrected chi connectivity index (χ3v) is 8.74. The Bertz CT molecular complexity index is 899. The minimum absolute atomic E-state index is 0.112. The van der Waals surface area contributed by atoms with E-state index in [0.717, 1.165) is 17.5 Å². The molecular formula is C30H34O3P. The minimum Gasteiger partial charge on any atom is -0.457 e. The van der Waals surface area contributed by atoms with Gasteiger partial charge in [0.25, 0.3) is 0 Å². The normalized spacial score (nSPS) is 16.7. The molecule has 2 aromatic carbocycles. The number of carbonyl (C=O) groups excluding carboxylic acids is 2. The molecule has 34 heavy (non-hydrogen) atoms. The number of carbonyl (C=O) groups is 2. The zero-order chi connectivity index (χ0) is 24.7. The van der Waals surface area contributed by atoms with Crippen LogP contribution in [0.1, 0.15) is 34.1 Å². The van der Waals surface area contributed by atoms with Crippen molar-refractivity contribution >= 4 is 30.8 Å². The third kappa shape index (κ3) is 6.25. The first-order chi connectivity index (χ1) is 16.3. The first kappa shape index (κ1) is 26.4. The van der Waals surface area contributed by atoms with Crippen molar-refractivity contribution in [2.75, 3.05) is 0 Å². The highest BCUT2D eigenvalue weighted by Crippen LogP contribution is 2.56. The third-order valence-electron chi connectivity index (χ3n) is 6.24. The van der Waals surface area contributed by atoms with Gasteiger partial charge in [0, 0.05) is 18.0 Å². The molecular weight excluding hydrogens is 439 g/mol. The quantitative estimate of drug-likeness (QED) is 0.178. The second kappa shape index (κ2) is 12.5. The van der Waals surface area contributed by atoms with Crippen LogP contribution in [0.2, 0.25) is 0 Å². The van der Waals surface area contributed by atoms with E-state index in [1.165, 1.54) is 10.6 Å². The lowest BCUT2D eigenvalue weighted by molar-refractivity contribution is -0.148. The van der Waals surface area contributed by atoms with E-state index in [2.05, 4.69) is 44.7 Å². The number of hydrogen-bond acceptors (Lipinski definition) is 3. The molecule has 4 heteroatoms. The lowest BCUT2D eigenvalue weighted by Gasteiger charge is -2.34. The molecule has 0 unspecified atom stereocenters. The molecule has 0 saturated heterocycles. The van der Waals surface area contributed by atoms with Crippen molar-refractivity contribution in [1.29, 1.82) is 0 Å². The summed E-state index contributed by atoms with van der Waals surface area (Å²) < 4.78 is 6.17. The van der Waals surface area contributed by atoms with E-state index in [9.17, 15) is 9.59 Å². The molecule has 1 saturated carbocycles. The molecule has 3 nitrogen and oxygen atoms in total. The molecule has 0 bridgehead atoms. The molecule has 0 N–H and O–H groups in total. The van der Waals surface area contributed by atoms with Crippen molar-refractivity contribution in [3.8, 4) is 0 Å². The van der Waals surface area contributed by atoms with E-state index in [1.807, 2.05) is 69.5 Å². The molecule has 2 aromatic rings. The van der Waals surface area contributed by atoms with Crippen molar-refractivity contribution in [2.45, 2.75) is 40.2 Å². The smallest absolute Gasteiger partial charge is 0.315 e. The predicted molar refractivity (Wildman–Crippen MR) is 141 cm³/mol. The van der Waals surface area contributed by atoms with Gasteiger partial charge in [-0.15, -0.1) is 0 Å². The fourth-order valence-electron chi connectivity index (χ4n) is 4.16. The largest absolute Gasteiger partial charge is 0.457 e. The average molecular weight is 474 g/mol. The molecule has 1 aliphatic rings. The predicted octanol–water partition coefficient (Wildman–Crippen LogP) is 5.84. The van der Waals surface area contributed by atoms with Crippen molar-refractivity contribution in [1.82, 2.24) is 0 Å². The Kier molecular flexibility index (Phi) is 9.65. The van der Waals surface area contributed by atoms with Gasteiger partial charge in [0.05, 0.1) is 0 Å². The number of hydrogen-bond donors (Lipinski definition) is 0. The van der Waals surface area contributed by atoms with Crippen molar-refractivity contribution < 1.29 is 14.3 Å². The Morgan fingerprint density at radius 1 is 0.941 bits per heavy atom. The molecule has 0 spiro atoms. The van der Waals surface area contributed by atoms with Crippen LogP contribution < -0.4 is 10.6 Å². The molecule has 0 aliphatic heterocycles. The molecule has 3 rings (SSSR count). The van der Waals surface area contributed by atoms with E-state index in [1.54, 1.807) is 0 Å². The Labute approximate surface area is 206 Å². The van der Waals surface area contributed by atoms with Crippen LogP contribution in [0, 0.1) is 48.6 Å². The summed E-state index contributed by atoms with van der Waals surface area (Å²) in [5.74, 6) is 0.412. The Hall–Kier alpha value is -2.25. The molecule has 0 heterocycles. The molecule has 1 aliphatic carbocycles. The van der Waals surface area contributed by atoms with Gasteiger partial charge in [-0.1, -0.05) is 94.9 Å². The summed E-state index contributed by atoms with van der Waals surface area (Å²) in [6.45, 7) is 12.4. The molecule has 5 radical (unpaired) electrons. The van der Waals surface area contributed by atoms with E-state index in [-0.39, 0.29) is 23.7 Å².